The van der Waals surface area contributed by atoms with Crippen molar-refractivity contribution in [2.45, 2.75) is 39.5 Å². The third-order valence-electron chi connectivity index (χ3n) is 4.16. The van der Waals surface area contributed by atoms with E-state index in [-0.39, 0.29) is 18.4 Å². The molecule has 2 rings (SSSR count). The molecule has 2 atom stereocenters. The van der Waals surface area contributed by atoms with Crippen molar-refractivity contribution in [2.24, 2.45) is 11.8 Å². The van der Waals surface area contributed by atoms with Crippen LogP contribution < -0.4 is 5.32 Å². The molecule has 0 saturated heterocycles. The number of hydrogen-bond donors (Lipinski definition) is 2. The third kappa shape index (κ3) is 4.09. The van der Waals surface area contributed by atoms with Crippen molar-refractivity contribution in [3.05, 3.63) is 29.3 Å². The van der Waals surface area contributed by atoms with E-state index >= 15 is 0 Å². The molecule has 1 aromatic carbocycles. The molecule has 21 heavy (non-hydrogen) atoms. The van der Waals surface area contributed by atoms with Crippen LogP contribution in [0.15, 0.2) is 18.2 Å². The van der Waals surface area contributed by atoms with E-state index in [2.05, 4.69) is 24.1 Å². The molecule has 0 aromatic heterocycles. The fraction of sp³-hybridized carbons (Fsp3) is 0.500. The van der Waals surface area contributed by atoms with E-state index in [9.17, 15) is 4.79 Å². The molecular weight excluding hydrogens is 262 g/mol. The molecule has 0 heterocycles. The molecule has 1 fully saturated rings. The number of carbonyl (C=O) groups is 1. The number of hydrogen-bond acceptors (Lipinski definition) is 2. The molecule has 1 saturated carbocycles. The van der Waals surface area contributed by atoms with Gasteiger partial charge in [0.1, 0.15) is 0 Å². The summed E-state index contributed by atoms with van der Waals surface area (Å²) in [5.74, 6) is 6.70. The highest BCUT2D eigenvalue weighted by Gasteiger charge is 2.29. The maximum absolute atomic E-state index is 12.3. The van der Waals surface area contributed by atoms with E-state index in [0.717, 1.165) is 36.1 Å². The van der Waals surface area contributed by atoms with Crippen LogP contribution in [0, 0.1) is 30.6 Å². The lowest BCUT2D eigenvalue weighted by Gasteiger charge is -2.15. The Morgan fingerprint density at radius 3 is 2.90 bits per heavy atom. The molecule has 1 aromatic rings. The summed E-state index contributed by atoms with van der Waals surface area (Å²) in [6.45, 7) is 4.22. The lowest BCUT2D eigenvalue weighted by molar-refractivity contribution is -0.120. The number of amides is 1. The summed E-state index contributed by atoms with van der Waals surface area (Å²) in [4.78, 5) is 12.3. The average Bonchev–Trinajstić information content (AvgIpc) is 2.89. The van der Waals surface area contributed by atoms with Crippen LogP contribution in [0.2, 0.25) is 0 Å². The molecule has 0 aliphatic heterocycles. The molecule has 2 unspecified atom stereocenters. The van der Waals surface area contributed by atoms with Crippen molar-refractivity contribution >= 4 is 11.6 Å². The molecule has 1 aliphatic rings. The lowest BCUT2D eigenvalue weighted by Crippen LogP contribution is -2.24. The Morgan fingerprint density at radius 2 is 2.24 bits per heavy atom. The molecule has 3 nitrogen and oxygen atoms in total. The number of benzene rings is 1. The molecule has 0 radical (unpaired) electrons. The summed E-state index contributed by atoms with van der Waals surface area (Å²) in [5.41, 5.74) is 2.78. The normalized spacial score (nSPS) is 20.7. The van der Waals surface area contributed by atoms with E-state index < -0.39 is 0 Å². The Labute approximate surface area is 126 Å². The van der Waals surface area contributed by atoms with Crippen molar-refractivity contribution in [3.63, 3.8) is 0 Å². The fourth-order valence-corrected chi connectivity index (χ4v) is 2.82. The Kier molecular flexibility index (Phi) is 5.41. The Morgan fingerprint density at radius 1 is 1.43 bits per heavy atom. The first-order valence-electron chi connectivity index (χ1n) is 7.63. The maximum atomic E-state index is 12.3. The highest BCUT2D eigenvalue weighted by molar-refractivity contribution is 5.93. The summed E-state index contributed by atoms with van der Waals surface area (Å²) in [5, 5.41) is 11.8. The number of nitrogens with one attached hydrogen (secondary N) is 1. The maximum Gasteiger partial charge on any atom is 0.227 e. The lowest BCUT2D eigenvalue weighted by atomic mass is 9.97. The van der Waals surface area contributed by atoms with E-state index in [1.165, 1.54) is 0 Å². The first-order valence-corrected chi connectivity index (χ1v) is 7.63. The van der Waals surface area contributed by atoms with Gasteiger partial charge in [-0.25, -0.2) is 0 Å². The van der Waals surface area contributed by atoms with Gasteiger partial charge in [0.2, 0.25) is 5.91 Å². The minimum atomic E-state index is 0.0715. The summed E-state index contributed by atoms with van der Waals surface area (Å²) in [6, 6.07) is 5.80. The number of carbonyl (C=O) groups excluding carboxylic acids is 1. The molecule has 2 N–H and O–H groups in total. The molecule has 1 aliphatic carbocycles. The monoisotopic (exact) mass is 285 g/mol. The Hall–Kier alpha value is -1.79. The van der Waals surface area contributed by atoms with E-state index in [4.69, 9.17) is 5.11 Å². The van der Waals surface area contributed by atoms with Crippen LogP contribution in [0.25, 0.3) is 0 Å². The van der Waals surface area contributed by atoms with Gasteiger partial charge in [-0.2, -0.15) is 0 Å². The summed E-state index contributed by atoms with van der Waals surface area (Å²) in [6.07, 6.45) is 3.74. The molecule has 112 valence electrons. The number of rotatable bonds is 3. The van der Waals surface area contributed by atoms with Crippen molar-refractivity contribution in [2.75, 3.05) is 11.9 Å². The summed E-state index contributed by atoms with van der Waals surface area (Å²) in [7, 11) is 0. The van der Waals surface area contributed by atoms with Crippen molar-refractivity contribution in [1.82, 2.24) is 0 Å². The number of aryl methyl sites for hydroxylation is 1. The van der Waals surface area contributed by atoms with Gasteiger partial charge < -0.3 is 10.4 Å². The topological polar surface area (TPSA) is 49.3 Å². The minimum absolute atomic E-state index is 0.0715. The van der Waals surface area contributed by atoms with Gasteiger partial charge in [-0.3, -0.25) is 4.79 Å². The summed E-state index contributed by atoms with van der Waals surface area (Å²) < 4.78 is 0. The second-order valence-electron chi connectivity index (χ2n) is 5.81. The number of aliphatic hydroxyl groups is 1. The predicted octanol–water partition coefficient (Wildman–Crippen LogP) is 3.10. The largest absolute Gasteiger partial charge is 0.395 e. The van der Waals surface area contributed by atoms with Gasteiger partial charge in [0.05, 0.1) is 6.61 Å². The molecule has 0 bridgehead atoms. The SMILES string of the molecule is Cc1ccc(NC(=O)C2CCCC2C)cc1C#CCCO. The van der Waals surface area contributed by atoms with Crippen LogP contribution >= 0.6 is 0 Å². The second-order valence-corrected chi connectivity index (χ2v) is 5.81. The quantitative estimate of drug-likeness (QED) is 0.838. The molecular formula is C18H23NO2. The second kappa shape index (κ2) is 7.28. The van der Waals surface area contributed by atoms with E-state index in [1.54, 1.807) is 0 Å². The number of anilines is 1. The van der Waals surface area contributed by atoms with Gasteiger partial charge in [-0.1, -0.05) is 31.3 Å². The average molecular weight is 285 g/mol. The van der Waals surface area contributed by atoms with Crippen LogP contribution in [0.4, 0.5) is 5.69 Å². The zero-order valence-electron chi connectivity index (χ0n) is 12.8. The predicted molar refractivity (Wildman–Crippen MR) is 84.9 cm³/mol. The molecule has 0 spiro atoms. The fourth-order valence-electron chi connectivity index (χ4n) is 2.82. The molecule has 1 amide bonds. The summed E-state index contributed by atoms with van der Waals surface area (Å²) >= 11 is 0. The van der Waals surface area contributed by atoms with Crippen LogP contribution in [-0.4, -0.2) is 17.6 Å². The standard InChI is InChI=1S/C18H23NO2/c1-13-9-10-16(12-15(13)7-3-4-11-20)19-18(21)17-8-5-6-14(17)2/h9-10,12,14,17,20H,4-6,8,11H2,1-2H3,(H,19,21). The first kappa shape index (κ1) is 15.6. The van der Waals surface area contributed by atoms with Crippen molar-refractivity contribution in [1.29, 1.82) is 0 Å². The van der Waals surface area contributed by atoms with Gasteiger partial charge in [0.15, 0.2) is 0 Å². The van der Waals surface area contributed by atoms with Crippen LogP contribution in [0.1, 0.15) is 43.7 Å². The van der Waals surface area contributed by atoms with E-state index in [0.29, 0.717) is 12.3 Å². The van der Waals surface area contributed by atoms with Gasteiger partial charge in [0.25, 0.3) is 0 Å². The smallest absolute Gasteiger partial charge is 0.227 e. The van der Waals surface area contributed by atoms with Gasteiger partial charge in [-0.05, 0) is 43.4 Å². The Balaban J connectivity index is 2.08. The minimum Gasteiger partial charge on any atom is -0.395 e. The van der Waals surface area contributed by atoms with Crippen LogP contribution in [0.3, 0.4) is 0 Å². The van der Waals surface area contributed by atoms with Gasteiger partial charge in [0, 0.05) is 23.6 Å². The molecule has 3 heteroatoms. The van der Waals surface area contributed by atoms with E-state index in [1.807, 2.05) is 25.1 Å². The zero-order valence-corrected chi connectivity index (χ0v) is 12.8. The highest BCUT2D eigenvalue weighted by atomic mass is 16.2. The zero-order chi connectivity index (χ0) is 15.2. The van der Waals surface area contributed by atoms with Crippen LogP contribution in [0.5, 0.6) is 0 Å². The van der Waals surface area contributed by atoms with Gasteiger partial charge >= 0.3 is 0 Å². The van der Waals surface area contributed by atoms with Crippen molar-refractivity contribution in [3.8, 4) is 11.8 Å². The van der Waals surface area contributed by atoms with Crippen LogP contribution in [-0.2, 0) is 4.79 Å². The highest BCUT2D eigenvalue weighted by Crippen LogP contribution is 2.32. The Bertz CT molecular complexity index is 568. The van der Waals surface area contributed by atoms with Gasteiger partial charge in [-0.15, -0.1) is 0 Å². The third-order valence-corrected chi connectivity index (χ3v) is 4.16. The first-order chi connectivity index (χ1) is 10.1. The van der Waals surface area contributed by atoms with Crippen molar-refractivity contribution < 1.29 is 9.90 Å². The number of aliphatic hydroxyl groups excluding tert-OH is 1.